The summed E-state index contributed by atoms with van der Waals surface area (Å²) in [5.74, 6) is 1.16. The van der Waals surface area contributed by atoms with Crippen LogP contribution in [0.4, 0.5) is 0 Å². The first-order chi connectivity index (χ1) is 22.8. The molecule has 1 heterocycles. The molecule has 1 aromatic rings. The lowest BCUT2D eigenvalue weighted by Gasteiger charge is -2.32. The van der Waals surface area contributed by atoms with Crippen LogP contribution in [0.25, 0.3) is 0 Å². The van der Waals surface area contributed by atoms with Gasteiger partial charge in [0, 0.05) is 38.0 Å². The number of allylic oxidation sites excluding steroid dienone is 7. The molecule has 4 heteroatoms. The lowest BCUT2D eigenvalue weighted by molar-refractivity contribution is -0.128. The number of hydrogen-bond acceptors (Lipinski definition) is 3. The molecule has 0 unspecified atom stereocenters. The number of rotatable bonds is 13. The second-order valence-electron chi connectivity index (χ2n) is 13.7. The second kappa shape index (κ2) is 30.1. The van der Waals surface area contributed by atoms with E-state index < -0.39 is 0 Å². The summed E-state index contributed by atoms with van der Waals surface area (Å²) >= 11 is 0. The first kappa shape index (κ1) is 47.1. The summed E-state index contributed by atoms with van der Waals surface area (Å²) in [6.07, 6.45) is 18.0. The molecule has 0 N–H and O–H groups in total. The molecule has 0 bridgehead atoms. The van der Waals surface area contributed by atoms with Gasteiger partial charge in [0.15, 0.2) is 0 Å². The van der Waals surface area contributed by atoms with Crippen molar-refractivity contribution in [3.63, 3.8) is 0 Å². The number of aliphatic imine (C=N–C) groups is 1. The van der Waals surface area contributed by atoms with Crippen molar-refractivity contribution < 1.29 is 4.79 Å². The second-order valence-corrected chi connectivity index (χ2v) is 13.7. The molecular formula is C44H75N3O. The lowest BCUT2D eigenvalue weighted by atomic mass is 9.91. The van der Waals surface area contributed by atoms with Crippen molar-refractivity contribution in [3.8, 4) is 0 Å². The van der Waals surface area contributed by atoms with Crippen LogP contribution >= 0.6 is 0 Å². The minimum absolute atomic E-state index is 0.147. The van der Waals surface area contributed by atoms with E-state index >= 15 is 0 Å². The Kier molecular flexibility index (Phi) is 29.6. The average Bonchev–Trinajstić information content (AvgIpc) is 3.01. The molecule has 0 spiro atoms. The number of benzene rings is 1. The van der Waals surface area contributed by atoms with Crippen LogP contribution in [0.1, 0.15) is 127 Å². The highest BCUT2D eigenvalue weighted by Crippen LogP contribution is 2.29. The molecule has 1 aliphatic heterocycles. The van der Waals surface area contributed by atoms with Gasteiger partial charge in [0.25, 0.3) is 0 Å². The zero-order valence-electron chi connectivity index (χ0n) is 33.7. The van der Waals surface area contributed by atoms with Gasteiger partial charge in [-0.2, -0.15) is 0 Å². The van der Waals surface area contributed by atoms with Crippen molar-refractivity contribution in [2.24, 2.45) is 16.8 Å². The Hall–Kier alpha value is -2.98. The van der Waals surface area contributed by atoms with E-state index in [0.717, 1.165) is 75.1 Å². The third-order valence-corrected chi connectivity index (χ3v) is 7.01. The SMILES string of the molecule is C=C(/C=C(N=CC)/C(CC=CCCC)=C(/C=C(\C)C(=O)N1CCN(C)CC1)CC(C)C)CC(C)C.CCC.CCC.Cc1ccccc1. The molecule has 1 saturated heterocycles. The Bertz CT molecular complexity index is 1120. The molecule has 0 atom stereocenters. The molecule has 1 amide bonds. The fourth-order valence-electron chi connectivity index (χ4n) is 4.83. The molecular weight excluding hydrogens is 587 g/mol. The fourth-order valence-corrected chi connectivity index (χ4v) is 4.83. The van der Waals surface area contributed by atoms with Crippen LogP contribution in [0.5, 0.6) is 0 Å². The van der Waals surface area contributed by atoms with Gasteiger partial charge in [0.1, 0.15) is 0 Å². The Morgan fingerprint density at radius 3 is 1.85 bits per heavy atom. The van der Waals surface area contributed by atoms with E-state index in [1.54, 1.807) is 0 Å². The van der Waals surface area contributed by atoms with Crippen LogP contribution in [0.3, 0.4) is 0 Å². The molecule has 1 aliphatic rings. The van der Waals surface area contributed by atoms with Gasteiger partial charge < -0.3 is 9.80 Å². The minimum atomic E-state index is 0.147. The van der Waals surface area contributed by atoms with Crippen LogP contribution in [-0.2, 0) is 4.79 Å². The van der Waals surface area contributed by atoms with E-state index in [2.05, 4.69) is 124 Å². The first-order valence-electron chi connectivity index (χ1n) is 18.7. The summed E-state index contributed by atoms with van der Waals surface area (Å²) in [7, 11) is 2.11. The smallest absolute Gasteiger partial charge is 0.249 e. The summed E-state index contributed by atoms with van der Waals surface area (Å²) in [5, 5.41) is 0. The number of amides is 1. The van der Waals surface area contributed by atoms with Gasteiger partial charge in [-0.25, -0.2) is 0 Å². The van der Waals surface area contributed by atoms with Crippen LogP contribution in [0.2, 0.25) is 0 Å². The van der Waals surface area contributed by atoms with Crippen molar-refractivity contribution in [1.82, 2.24) is 9.80 Å². The maximum absolute atomic E-state index is 13.3. The zero-order valence-corrected chi connectivity index (χ0v) is 33.7. The summed E-state index contributed by atoms with van der Waals surface area (Å²) < 4.78 is 0. The molecule has 4 nitrogen and oxygen atoms in total. The molecule has 2 rings (SSSR count). The number of aryl methyl sites for hydroxylation is 1. The van der Waals surface area contributed by atoms with E-state index in [1.807, 2.05) is 43.2 Å². The van der Waals surface area contributed by atoms with Crippen molar-refractivity contribution in [3.05, 3.63) is 94.8 Å². The number of unbranched alkanes of at least 4 members (excludes halogenated alkanes) is 1. The predicted molar refractivity (Wildman–Crippen MR) is 217 cm³/mol. The van der Waals surface area contributed by atoms with Crippen LogP contribution in [-0.4, -0.2) is 55.1 Å². The lowest BCUT2D eigenvalue weighted by Crippen LogP contribution is -2.47. The standard InChI is InChI=1S/C31H51N3O.C7H8.2C3H8/c1-10-12-13-14-15-29(30(32-11-2)22-26(7)20-24(3)4)28(21-25(5)6)23-27(8)31(35)34-18-16-33(9)17-19-34;1-7-5-3-2-4-6-7;2*1-3-2/h11,13-14,22-25H,7,10,12,15-21H2,1-6,8-9H3;2-6H,1H3;2*3H2,1-2H3/b14-13?,27-23+,29-28+,30-22-,32-11?;;;. The number of likely N-dealkylation sites (N-methyl/N-ethyl adjacent to an activating group) is 1. The number of hydrogen-bond donors (Lipinski definition) is 0. The minimum Gasteiger partial charge on any atom is -0.336 e. The van der Waals surface area contributed by atoms with Gasteiger partial charge in [-0.05, 0) is 82.6 Å². The molecule has 0 radical (unpaired) electrons. The van der Waals surface area contributed by atoms with Gasteiger partial charge in [0.05, 0.1) is 5.70 Å². The predicted octanol–water partition coefficient (Wildman–Crippen LogP) is 12.2. The van der Waals surface area contributed by atoms with Crippen LogP contribution < -0.4 is 0 Å². The quantitative estimate of drug-likeness (QED) is 0.0913. The molecule has 1 aromatic carbocycles. The van der Waals surface area contributed by atoms with Gasteiger partial charge in [-0.1, -0.05) is 148 Å². The highest BCUT2D eigenvalue weighted by atomic mass is 16.2. The highest BCUT2D eigenvalue weighted by Gasteiger charge is 2.21. The van der Waals surface area contributed by atoms with Gasteiger partial charge in [-0.15, -0.1) is 0 Å². The third-order valence-electron chi connectivity index (χ3n) is 7.01. The summed E-state index contributed by atoms with van der Waals surface area (Å²) in [5.41, 5.74) is 6.58. The monoisotopic (exact) mass is 662 g/mol. The van der Waals surface area contributed by atoms with Gasteiger partial charge in [0.2, 0.25) is 5.91 Å². The molecule has 0 saturated carbocycles. The van der Waals surface area contributed by atoms with Crippen LogP contribution in [0.15, 0.2) is 94.2 Å². The average molecular weight is 662 g/mol. The molecule has 272 valence electrons. The number of carbonyl (C=O) groups excluding carboxylic acids is 1. The normalized spacial score (nSPS) is 14.6. The largest absolute Gasteiger partial charge is 0.336 e. The van der Waals surface area contributed by atoms with E-state index in [0.29, 0.717) is 11.8 Å². The summed E-state index contributed by atoms with van der Waals surface area (Å²) in [6.45, 7) is 33.4. The van der Waals surface area contributed by atoms with Crippen molar-refractivity contribution in [2.45, 2.75) is 128 Å². The summed E-state index contributed by atoms with van der Waals surface area (Å²) in [4.78, 5) is 22.4. The van der Waals surface area contributed by atoms with E-state index in [4.69, 9.17) is 4.99 Å². The number of piperazine rings is 1. The Morgan fingerprint density at radius 1 is 0.875 bits per heavy atom. The molecule has 0 aromatic heterocycles. The van der Waals surface area contributed by atoms with E-state index in [1.165, 1.54) is 29.6 Å². The van der Waals surface area contributed by atoms with Crippen LogP contribution in [0, 0.1) is 18.8 Å². The summed E-state index contributed by atoms with van der Waals surface area (Å²) in [6, 6.07) is 10.3. The molecule has 1 fully saturated rings. The topological polar surface area (TPSA) is 35.9 Å². The Labute approximate surface area is 298 Å². The third kappa shape index (κ3) is 24.2. The first-order valence-corrected chi connectivity index (χ1v) is 18.7. The maximum atomic E-state index is 13.3. The zero-order chi connectivity index (χ0) is 36.9. The van der Waals surface area contributed by atoms with Crippen molar-refractivity contribution >= 4 is 12.1 Å². The van der Waals surface area contributed by atoms with Crippen molar-refractivity contribution in [2.75, 3.05) is 33.2 Å². The molecule has 48 heavy (non-hydrogen) atoms. The van der Waals surface area contributed by atoms with Crippen molar-refractivity contribution in [1.29, 1.82) is 0 Å². The van der Waals surface area contributed by atoms with E-state index in [9.17, 15) is 4.79 Å². The van der Waals surface area contributed by atoms with Gasteiger partial charge in [-0.3, -0.25) is 9.79 Å². The maximum Gasteiger partial charge on any atom is 0.249 e. The van der Waals surface area contributed by atoms with Gasteiger partial charge >= 0.3 is 0 Å². The Morgan fingerprint density at radius 2 is 1.42 bits per heavy atom. The molecule has 0 aliphatic carbocycles. The van der Waals surface area contributed by atoms with E-state index in [-0.39, 0.29) is 5.91 Å². The number of carbonyl (C=O) groups is 1. The fraction of sp³-hybridized carbons (Fsp3) is 0.591. The number of nitrogens with zero attached hydrogens (tertiary/aromatic N) is 3. The highest BCUT2D eigenvalue weighted by molar-refractivity contribution is 5.93. The Balaban J connectivity index is 0.